The lowest BCUT2D eigenvalue weighted by Gasteiger charge is -2.11. The van der Waals surface area contributed by atoms with Crippen LogP contribution < -0.4 is 15.2 Å². The first-order valence-corrected chi connectivity index (χ1v) is 6.16. The summed E-state index contributed by atoms with van der Waals surface area (Å²) in [7, 11) is 3.10. The van der Waals surface area contributed by atoms with Gasteiger partial charge in [0, 0.05) is 11.6 Å². The topological polar surface area (TPSA) is 105 Å². The molecule has 0 unspecified atom stereocenters. The van der Waals surface area contributed by atoms with Crippen LogP contribution in [-0.4, -0.2) is 28.9 Å². The van der Waals surface area contributed by atoms with Gasteiger partial charge in [0.05, 0.1) is 25.7 Å². The minimum Gasteiger partial charge on any atom is -0.497 e. The van der Waals surface area contributed by atoms with E-state index in [4.69, 9.17) is 15.2 Å². The van der Waals surface area contributed by atoms with Crippen LogP contribution in [0.25, 0.3) is 0 Å². The lowest BCUT2D eigenvalue weighted by Crippen LogP contribution is -2.08. The number of aromatic nitrogens is 2. The Hall–Kier alpha value is -2.77. The second-order valence-electron chi connectivity index (χ2n) is 4.41. The number of benzene rings is 1. The van der Waals surface area contributed by atoms with Gasteiger partial charge in [0.1, 0.15) is 17.2 Å². The Balaban J connectivity index is 2.39. The fourth-order valence-corrected chi connectivity index (χ4v) is 2.08. The van der Waals surface area contributed by atoms with Crippen molar-refractivity contribution < 1.29 is 14.4 Å². The number of nitrogens with two attached hydrogens (primary N) is 1. The molecule has 0 saturated heterocycles. The minimum atomic E-state index is -0.528. The third-order valence-corrected chi connectivity index (χ3v) is 3.13. The van der Waals surface area contributed by atoms with Gasteiger partial charge >= 0.3 is 5.69 Å². The summed E-state index contributed by atoms with van der Waals surface area (Å²) in [5, 5.41) is 15.1. The summed E-state index contributed by atoms with van der Waals surface area (Å²) >= 11 is 0. The minimum absolute atomic E-state index is 0.0235. The normalized spacial score (nSPS) is 10.4. The van der Waals surface area contributed by atoms with E-state index < -0.39 is 4.92 Å². The van der Waals surface area contributed by atoms with Gasteiger partial charge in [-0.15, -0.1) is 0 Å². The van der Waals surface area contributed by atoms with Gasteiger partial charge in [0.2, 0.25) is 5.82 Å². The van der Waals surface area contributed by atoms with Gasteiger partial charge in [-0.3, -0.25) is 10.1 Å². The molecule has 0 aliphatic carbocycles. The highest BCUT2D eigenvalue weighted by atomic mass is 16.6. The Bertz CT molecular complexity index is 681. The Morgan fingerprint density at radius 2 is 2.10 bits per heavy atom. The molecular formula is C13H16N4O4. The predicted molar refractivity (Wildman–Crippen MR) is 76.7 cm³/mol. The number of hydrogen-bond donors (Lipinski definition) is 1. The van der Waals surface area contributed by atoms with Crippen LogP contribution in [0.1, 0.15) is 11.3 Å². The quantitative estimate of drug-likeness (QED) is 0.664. The molecule has 0 spiro atoms. The molecule has 21 heavy (non-hydrogen) atoms. The highest BCUT2D eigenvalue weighted by Crippen LogP contribution is 2.29. The molecule has 0 aliphatic rings. The maximum absolute atomic E-state index is 10.9. The molecular weight excluding hydrogens is 276 g/mol. The molecule has 0 aliphatic heterocycles. The number of nitrogens with zero attached hydrogens (tertiary/aromatic N) is 3. The molecule has 112 valence electrons. The van der Waals surface area contributed by atoms with Gasteiger partial charge in [-0.05, 0) is 19.1 Å². The number of ether oxygens (including phenoxy) is 2. The highest BCUT2D eigenvalue weighted by Gasteiger charge is 2.23. The standard InChI is InChI=1S/C13H16N4O4/c1-8-12(17(18)19)13(14)16(15-8)7-9-4-5-10(20-2)6-11(9)21-3/h4-6H,7,14H2,1-3H3. The van der Waals surface area contributed by atoms with Crippen molar-refractivity contribution in [3.8, 4) is 11.5 Å². The zero-order valence-corrected chi connectivity index (χ0v) is 12.0. The molecule has 0 radical (unpaired) electrons. The van der Waals surface area contributed by atoms with E-state index in [0.717, 1.165) is 5.56 Å². The fraction of sp³-hybridized carbons (Fsp3) is 0.308. The average Bonchev–Trinajstić information content (AvgIpc) is 2.73. The van der Waals surface area contributed by atoms with E-state index >= 15 is 0 Å². The summed E-state index contributed by atoms with van der Waals surface area (Å²) in [5.41, 5.74) is 6.71. The Labute approximate surface area is 121 Å². The van der Waals surface area contributed by atoms with Crippen LogP contribution in [-0.2, 0) is 6.54 Å². The Morgan fingerprint density at radius 1 is 1.38 bits per heavy atom. The van der Waals surface area contributed by atoms with Crippen molar-refractivity contribution in [3.05, 3.63) is 39.6 Å². The fourth-order valence-electron chi connectivity index (χ4n) is 2.08. The second-order valence-corrected chi connectivity index (χ2v) is 4.41. The summed E-state index contributed by atoms with van der Waals surface area (Å²) in [4.78, 5) is 10.4. The zero-order valence-electron chi connectivity index (χ0n) is 12.0. The summed E-state index contributed by atoms with van der Waals surface area (Å²) < 4.78 is 11.8. The SMILES string of the molecule is COc1ccc(Cn2nc(C)c([N+](=O)[O-])c2N)c(OC)c1. The van der Waals surface area contributed by atoms with E-state index in [1.165, 1.54) is 4.68 Å². The van der Waals surface area contributed by atoms with Crippen LogP contribution in [0.15, 0.2) is 18.2 Å². The zero-order chi connectivity index (χ0) is 15.6. The first-order chi connectivity index (χ1) is 9.97. The van der Waals surface area contributed by atoms with Crippen LogP contribution in [0.2, 0.25) is 0 Å². The molecule has 1 aromatic carbocycles. The summed E-state index contributed by atoms with van der Waals surface area (Å²) in [6, 6.07) is 5.31. The van der Waals surface area contributed by atoms with E-state index in [-0.39, 0.29) is 23.7 Å². The van der Waals surface area contributed by atoms with Crippen molar-refractivity contribution in [1.82, 2.24) is 9.78 Å². The second kappa shape index (κ2) is 5.70. The van der Waals surface area contributed by atoms with Crippen molar-refractivity contribution >= 4 is 11.5 Å². The number of nitrogen functional groups attached to an aromatic ring is 1. The number of rotatable bonds is 5. The van der Waals surface area contributed by atoms with Gasteiger partial charge in [0.25, 0.3) is 0 Å². The monoisotopic (exact) mass is 292 g/mol. The predicted octanol–water partition coefficient (Wildman–Crippen LogP) is 1.75. The van der Waals surface area contributed by atoms with Gasteiger partial charge in [-0.1, -0.05) is 0 Å². The van der Waals surface area contributed by atoms with Gasteiger partial charge in [0.15, 0.2) is 0 Å². The Kier molecular flexibility index (Phi) is 3.97. The molecule has 0 atom stereocenters. The summed E-state index contributed by atoms with van der Waals surface area (Å²) in [6.07, 6.45) is 0. The van der Waals surface area contributed by atoms with Crippen LogP contribution >= 0.6 is 0 Å². The number of nitro groups is 1. The van der Waals surface area contributed by atoms with Crippen molar-refractivity contribution in [3.63, 3.8) is 0 Å². The highest BCUT2D eigenvalue weighted by molar-refractivity contribution is 5.56. The third kappa shape index (κ3) is 2.73. The molecule has 0 saturated carbocycles. The maximum atomic E-state index is 10.9. The smallest absolute Gasteiger partial charge is 0.333 e. The summed E-state index contributed by atoms with van der Waals surface area (Å²) in [5.74, 6) is 1.28. The van der Waals surface area contributed by atoms with Gasteiger partial charge < -0.3 is 15.2 Å². The van der Waals surface area contributed by atoms with E-state index in [2.05, 4.69) is 5.10 Å². The third-order valence-electron chi connectivity index (χ3n) is 3.13. The average molecular weight is 292 g/mol. The number of hydrogen-bond acceptors (Lipinski definition) is 6. The lowest BCUT2D eigenvalue weighted by atomic mass is 10.2. The molecule has 0 amide bonds. The van der Waals surface area contributed by atoms with Crippen molar-refractivity contribution in [2.45, 2.75) is 13.5 Å². The molecule has 2 aromatic rings. The number of anilines is 1. The first kappa shape index (κ1) is 14.6. The van der Waals surface area contributed by atoms with Gasteiger partial charge in [-0.25, -0.2) is 4.68 Å². The largest absolute Gasteiger partial charge is 0.497 e. The van der Waals surface area contributed by atoms with Crippen molar-refractivity contribution in [2.24, 2.45) is 0 Å². The van der Waals surface area contributed by atoms with Crippen LogP contribution in [0, 0.1) is 17.0 Å². The van der Waals surface area contributed by atoms with Gasteiger partial charge in [-0.2, -0.15) is 5.10 Å². The molecule has 0 bridgehead atoms. The molecule has 1 aromatic heterocycles. The molecule has 1 heterocycles. The molecule has 2 rings (SSSR count). The van der Waals surface area contributed by atoms with Crippen LogP contribution in [0.3, 0.4) is 0 Å². The molecule has 8 nitrogen and oxygen atoms in total. The Morgan fingerprint density at radius 3 is 2.62 bits per heavy atom. The van der Waals surface area contributed by atoms with E-state index in [1.807, 2.05) is 0 Å². The molecule has 8 heteroatoms. The van der Waals surface area contributed by atoms with E-state index in [9.17, 15) is 10.1 Å². The lowest BCUT2D eigenvalue weighted by molar-refractivity contribution is -0.384. The molecule has 0 fully saturated rings. The van der Waals surface area contributed by atoms with E-state index in [0.29, 0.717) is 11.5 Å². The molecule has 2 N–H and O–H groups in total. The maximum Gasteiger partial charge on any atom is 0.333 e. The van der Waals surface area contributed by atoms with E-state index in [1.54, 1.807) is 39.3 Å². The van der Waals surface area contributed by atoms with Crippen molar-refractivity contribution in [2.75, 3.05) is 20.0 Å². The number of aryl methyl sites for hydroxylation is 1. The van der Waals surface area contributed by atoms with Crippen LogP contribution in [0.4, 0.5) is 11.5 Å². The summed E-state index contributed by atoms with van der Waals surface area (Å²) in [6.45, 7) is 1.82. The number of methoxy groups -OCH3 is 2. The van der Waals surface area contributed by atoms with Crippen molar-refractivity contribution in [1.29, 1.82) is 0 Å². The first-order valence-electron chi connectivity index (χ1n) is 6.16. The van der Waals surface area contributed by atoms with Crippen LogP contribution in [0.5, 0.6) is 11.5 Å².